The first-order valence-corrected chi connectivity index (χ1v) is 12.6. The topological polar surface area (TPSA) is 94.2 Å². The highest BCUT2D eigenvalue weighted by molar-refractivity contribution is 6.03. The van der Waals surface area contributed by atoms with Crippen molar-refractivity contribution in [1.82, 2.24) is 20.0 Å². The van der Waals surface area contributed by atoms with E-state index in [1.54, 1.807) is 31.2 Å². The number of fused-ring (bicyclic) bond motifs is 1. The number of ether oxygens (including phenoxy) is 1. The van der Waals surface area contributed by atoms with Crippen molar-refractivity contribution in [3.63, 3.8) is 0 Å². The van der Waals surface area contributed by atoms with Crippen molar-refractivity contribution in [3.8, 4) is 5.75 Å². The van der Waals surface area contributed by atoms with Gasteiger partial charge in [0, 0.05) is 74.6 Å². The summed E-state index contributed by atoms with van der Waals surface area (Å²) in [6, 6.07) is 10.0. The second kappa shape index (κ2) is 12.2. The number of anilines is 1. The molecule has 2 N–H and O–H groups in total. The lowest BCUT2D eigenvalue weighted by Crippen LogP contribution is -2.45. The molecule has 0 radical (unpaired) electrons. The Morgan fingerprint density at radius 1 is 1.08 bits per heavy atom. The Morgan fingerprint density at radius 3 is 2.62 bits per heavy atom. The van der Waals surface area contributed by atoms with Gasteiger partial charge in [-0.2, -0.15) is 0 Å². The summed E-state index contributed by atoms with van der Waals surface area (Å²) in [4.78, 5) is 42.4. The number of imide groups is 1. The second-order valence-electron chi connectivity index (χ2n) is 9.42. The monoisotopic (exact) mass is 511 g/mol. The fraction of sp³-hybridized carbons (Fsp3) is 0.444. The fourth-order valence-electron chi connectivity index (χ4n) is 4.47. The number of hydrogen-bond acceptors (Lipinski definition) is 7. The van der Waals surface area contributed by atoms with Gasteiger partial charge < -0.3 is 19.9 Å². The molecule has 2 aliphatic rings. The average Bonchev–Trinajstić information content (AvgIpc) is 3.20. The molecule has 10 heteroatoms. The first-order chi connectivity index (χ1) is 17.8. The lowest BCUT2D eigenvalue weighted by atomic mass is 10.1. The lowest BCUT2D eigenvalue weighted by Gasteiger charge is -2.32. The zero-order chi connectivity index (χ0) is 26.4. The van der Waals surface area contributed by atoms with Gasteiger partial charge in [-0.05, 0) is 37.4 Å². The smallest absolute Gasteiger partial charge is 0.255 e. The van der Waals surface area contributed by atoms with Crippen molar-refractivity contribution < 1.29 is 23.5 Å². The lowest BCUT2D eigenvalue weighted by molar-refractivity contribution is -0.130. The minimum absolute atomic E-state index is 0.188. The molecule has 2 heterocycles. The molecule has 0 bridgehead atoms. The maximum absolute atomic E-state index is 14.6. The molecule has 2 aromatic rings. The fourth-order valence-corrected chi connectivity index (χ4v) is 4.47. The molecule has 37 heavy (non-hydrogen) atoms. The van der Waals surface area contributed by atoms with Crippen LogP contribution in [0.15, 0.2) is 36.4 Å². The van der Waals surface area contributed by atoms with E-state index in [-0.39, 0.29) is 43.7 Å². The summed E-state index contributed by atoms with van der Waals surface area (Å²) in [5.74, 6) is -0.918. The number of carbonyl (C=O) groups excluding carboxylic acids is 3. The van der Waals surface area contributed by atoms with E-state index in [4.69, 9.17) is 4.74 Å². The van der Waals surface area contributed by atoms with Crippen LogP contribution in [0.3, 0.4) is 0 Å². The summed E-state index contributed by atoms with van der Waals surface area (Å²) in [5, 5.41) is 5.50. The Labute approximate surface area is 216 Å². The summed E-state index contributed by atoms with van der Waals surface area (Å²) in [5.41, 5.74) is 2.37. The predicted octanol–water partition coefficient (Wildman–Crippen LogP) is 2.07. The summed E-state index contributed by atoms with van der Waals surface area (Å²) < 4.78 is 20.4. The summed E-state index contributed by atoms with van der Waals surface area (Å²) in [7, 11) is 2.12. The highest BCUT2D eigenvalue weighted by atomic mass is 19.1. The van der Waals surface area contributed by atoms with Gasteiger partial charge in [0.15, 0.2) is 0 Å². The van der Waals surface area contributed by atoms with Crippen LogP contribution in [0.25, 0.3) is 0 Å². The zero-order valence-electron chi connectivity index (χ0n) is 21.4. The number of carbonyl (C=O) groups is 3. The molecule has 0 atom stereocenters. The molecule has 0 aliphatic carbocycles. The predicted molar refractivity (Wildman–Crippen MR) is 138 cm³/mol. The van der Waals surface area contributed by atoms with Crippen molar-refractivity contribution in [1.29, 1.82) is 0 Å². The third-order valence-corrected chi connectivity index (χ3v) is 6.74. The number of likely N-dealkylation sites (N-methyl/N-ethyl adjacent to an activating group) is 1. The Kier molecular flexibility index (Phi) is 8.73. The largest absolute Gasteiger partial charge is 0.492 e. The molecule has 4 rings (SSSR count). The molecule has 3 amide bonds. The number of benzene rings is 2. The van der Waals surface area contributed by atoms with Crippen LogP contribution in [-0.2, 0) is 22.7 Å². The molecular weight excluding hydrogens is 477 g/mol. The average molecular weight is 512 g/mol. The molecule has 9 nitrogen and oxygen atoms in total. The summed E-state index contributed by atoms with van der Waals surface area (Å²) >= 11 is 0. The van der Waals surface area contributed by atoms with Gasteiger partial charge in [-0.3, -0.25) is 24.6 Å². The maximum atomic E-state index is 14.6. The third-order valence-electron chi connectivity index (χ3n) is 6.74. The van der Waals surface area contributed by atoms with Crippen molar-refractivity contribution in [2.75, 3.05) is 58.2 Å². The number of hydrogen-bond donors (Lipinski definition) is 2. The van der Waals surface area contributed by atoms with Crippen LogP contribution in [0.2, 0.25) is 0 Å². The SMILES string of the molecule is CCC(=O)NC(=O)CN1Cc2c(NCc3cc(OCCN4CCN(C)CC4)ccc3F)cccc2C1=O. The van der Waals surface area contributed by atoms with Gasteiger partial charge in [0.1, 0.15) is 24.7 Å². The quantitative estimate of drug-likeness (QED) is 0.504. The van der Waals surface area contributed by atoms with E-state index in [0.717, 1.165) is 38.3 Å². The minimum atomic E-state index is -0.519. The van der Waals surface area contributed by atoms with Crippen LogP contribution in [0.5, 0.6) is 5.75 Å². The number of nitrogens with zero attached hydrogens (tertiary/aromatic N) is 3. The Morgan fingerprint density at radius 2 is 1.86 bits per heavy atom. The van der Waals surface area contributed by atoms with Gasteiger partial charge >= 0.3 is 0 Å². The van der Waals surface area contributed by atoms with Crippen LogP contribution < -0.4 is 15.4 Å². The zero-order valence-corrected chi connectivity index (χ0v) is 21.4. The first-order valence-electron chi connectivity index (χ1n) is 12.6. The van der Waals surface area contributed by atoms with E-state index >= 15 is 0 Å². The molecular formula is C27H34FN5O4. The molecule has 1 fully saturated rings. The molecule has 2 aromatic carbocycles. The number of piperazine rings is 1. The van der Waals surface area contributed by atoms with Crippen molar-refractivity contribution in [2.45, 2.75) is 26.4 Å². The molecule has 198 valence electrons. The van der Waals surface area contributed by atoms with Crippen LogP contribution >= 0.6 is 0 Å². The number of nitrogens with one attached hydrogen (secondary N) is 2. The molecule has 2 aliphatic heterocycles. The normalized spacial score (nSPS) is 16.0. The summed E-state index contributed by atoms with van der Waals surface area (Å²) in [6.45, 7) is 7.35. The van der Waals surface area contributed by atoms with Gasteiger partial charge in [0.05, 0.1) is 0 Å². The van der Waals surface area contributed by atoms with Crippen LogP contribution in [0, 0.1) is 5.82 Å². The highest BCUT2D eigenvalue weighted by Crippen LogP contribution is 2.30. The van der Waals surface area contributed by atoms with Crippen molar-refractivity contribution in [2.24, 2.45) is 0 Å². The van der Waals surface area contributed by atoms with E-state index in [0.29, 0.717) is 29.2 Å². The molecule has 0 aromatic heterocycles. The van der Waals surface area contributed by atoms with Crippen LogP contribution in [-0.4, -0.2) is 85.3 Å². The maximum Gasteiger partial charge on any atom is 0.255 e. The number of rotatable bonds is 10. The molecule has 0 spiro atoms. The van der Waals surface area contributed by atoms with Gasteiger partial charge in [-0.25, -0.2) is 4.39 Å². The van der Waals surface area contributed by atoms with E-state index < -0.39 is 5.91 Å². The Balaban J connectivity index is 1.34. The van der Waals surface area contributed by atoms with E-state index in [2.05, 4.69) is 27.5 Å². The van der Waals surface area contributed by atoms with E-state index in [9.17, 15) is 18.8 Å². The second-order valence-corrected chi connectivity index (χ2v) is 9.42. The molecule has 1 saturated heterocycles. The van der Waals surface area contributed by atoms with E-state index in [1.807, 2.05) is 6.07 Å². The number of amides is 3. The standard InChI is InChI=1S/C27H34FN5O4/c1-3-25(34)30-26(35)18-33-17-22-21(27(33)36)5-4-6-24(22)29-16-19-15-20(7-8-23(19)28)37-14-13-32-11-9-31(2)10-12-32/h4-8,15,29H,3,9-14,16-18H2,1-2H3,(H,30,34,35). The van der Waals surface area contributed by atoms with Crippen molar-refractivity contribution >= 4 is 23.4 Å². The molecule has 0 saturated carbocycles. The van der Waals surface area contributed by atoms with E-state index in [1.165, 1.54) is 11.0 Å². The van der Waals surface area contributed by atoms with Crippen LogP contribution in [0.1, 0.15) is 34.8 Å². The first kappa shape index (κ1) is 26.6. The third kappa shape index (κ3) is 6.84. The number of halogens is 1. The summed E-state index contributed by atoms with van der Waals surface area (Å²) in [6.07, 6.45) is 0.188. The van der Waals surface area contributed by atoms with Gasteiger partial charge in [0.2, 0.25) is 11.8 Å². The van der Waals surface area contributed by atoms with Crippen LogP contribution in [0.4, 0.5) is 10.1 Å². The Hall–Kier alpha value is -3.50. The van der Waals surface area contributed by atoms with Gasteiger partial charge in [-0.15, -0.1) is 0 Å². The Bertz CT molecular complexity index is 1150. The minimum Gasteiger partial charge on any atom is -0.492 e. The highest BCUT2D eigenvalue weighted by Gasteiger charge is 2.30. The molecule has 0 unspecified atom stereocenters. The van der Waals surface area contributed by atoms with Crippen molar-refractivity contribution in [3.05, 3.63) is 58.9 Å². The van der Waals surface area contributed by atoms with Gasteiger partial charge in [-0.1, -0.05) is 13.0 Å². The van der Waals surface area contributed by atoms with Gasteiger partial charge in [0.25, 0.3) is 5.91 Å².